The van der Waals surface area contributed by atoms with Crippen molar-refractivity contribution in [1.29, 1.82) is 0 Å². The predicted molar refractivity (Wildman–Crippen MR) is 155 cm³/mol. The second-order valence-electron chi connectivity index (χ2n) is 11.9. The molecule has 2 N–H and O–H groups in total. The molecule has 2 aromatic carbocycles. The van der Waals surface area contributed by atoms with Gasteiger partial charge in [0, 0.05) is 30.2 Å². The molecule has 2 atom stereocenters. The molecule has 1 fully saturated rings. The summed E-state index contributed by atoms with van der Waals surface area (Å²) in [4.78, 5) is 37.0. The molecule has 11 heteroatoms. The molecule has 10 nitrogen and oxygen atoms in total. The molecule has 2 aliphatic rings. The highest BCUT2D eigenvalue weighted by atomic mass is 32.2. The summed E-state index contributed by atoms with van der Waals surface area (Å²) < 4.78 is 35.5. The Morgan fingerprint density at radius 1 is 1.07 bits per heavy atom. The number of aryl methyl sites for hydroxylation is 2. The van der Waals surface area contributed by atoms with Crippen LogP contribution in [0, 0.1) is 19.3 Å². The van der Waals surface area contributed by atoms with E-state index in [9.17, 15) is 18.0 Å². The maximum absolute atomic E-state index is 13.3. The van der Waals surface area contributed by atoms with E-state index in [0.717, 1.165) is 16.7 Å². The second kappa shape index (κ2) is 10.8. The second-order valence-corrected chi connectivity index (χ2v) is 13.6. The van der Waals surface area contributed by atoms with Crippen molar-refractivity contribution in [2.75, 3.05) is 17.8 Å². The van der Waals surface area contributed by atoms with Gasteiger partial charge in [0.1, 0.15) is 6.10 Å². The molecular formula is C30H35N5O5S. The van der Waals surface area contributed by atoms with Crippen LogP contribution in [0.5, 0.6) is 5.88 Å². The number of rotatable bonds is 2. The van der Waals surface area contributed by atoms with Crippen molar-refractivity contribution < 1.29 is 22.7 Å². The number of anilines is 1. The molecule has 2 amide bonds. The van der Waals surface area contributed by atoms with Gasteiger partial charge >= 0.3 is 0 Å². The van der Waals surface area contributed by atoms with E-state index >= 15 is 0 Å². The van der Waals surface area contributed by atoms with Crippen molar-refractivity contribution in [3.63, 3.8) is 0 Å². The number of ether oxygens (including phenoxy) is 1. The standard InChI is InChI=1S/C30H35N5O5S/c1-18-8-6-9-19(2)27(18)23-15-25-33-29(32-23)34-41(38,39)21-11-7-10-20(14-21)28(37)31-22-12-13-35(17-24(22)40-25)26(36)16-30(3,4)5/h6-11,14-15,22,24H,12-13,16-17H2,1-5H3,(H,31,37)(H,32,33,34)/t22-,24+/m1/s1. The maximum Gasteiger partial charge on any atom is 0.264 e. The number of likely N-dealkylation sites (tertiary alicyclic amines) is 1. The molecule has 4 bridgehead atoms. The fourth-order valence-corrected chi connectivity index (χ4v) is 6.25. The van der Waals surface area contributed by atoms with E-state index in [1.807, 2.05) is 52.8 Å². The van der Waals surface area contributed by atoms with E-state index in [1.54, 1.807) is 17.0 Å². The summed E-state index contributed by atoms with van der Waals surface area (Å²) in [5.74, 6) is -0.440. The average Bonchev–Trinajstić information content (AvgIpc) is 2.88. The van der Waals surface area contributed by atoms with Gasteiger partial charge in [-0.3, -0.25) is 9.59 Å². The molecule has 0 unspecified atom stereocenters. The lowest BCUT2D eigenvalue weighted by Gasteiger charge is -2.39. The minimum atomic E-state index is -4.13. The third-order valence-electron chi connectivity index (χ3n) is 7.25. The summed E-state index contributed by atoms with van der Waals surface area (Å²) in [6, 6.07) is 12.9. The molecule has 2 aliphatic heterocycles. The Labute approximate surface area is 240 Å². The van der Waals surface area contributed by atoms with E-state index in [4.69, 9.17) is 4.74 Å². The number of fused-ring (bicyclic) bond motifs is 5. The number of piperidine rings is 1. The number of hydrogen-bond acceptors (Lipinski definition) is 7. The fourth-order valence-electron chi connectivity index (χ4n) is 5.26. The van der Waals surface area contributed by atoms with Crippen LogP contribution < -0.4 is 14.8 Å². The third kappa shape index (κ3) is 6.35. The summed E-state index contributed by atoms with van der Waals surface area (Å²) in [6.07, 6.45) is 0.204. The molecule has 1 saturated heterocycles. The minimum absolute atomic E-state index is 0.00820. The van der Waals surface area contributed by atoms with Crippen LogP contribution in [0.1, 0.15) is 55.1 Å². The smallest absolute Gasteiger partial charge is 0.264 e. The molecule has 0 spiro atoms. The minimum Gasteiger partial charge on any atom is -0.470 e. The van der Waals surface area contributed by atoms with Gasteiger partial charge in [-0.05, 0) is 55.0 Å². The van der Waals surface area contributed by atoms with Crippen LogP contribution in [-0.4, -0.2) is 60.3 Å². The molecule has 1 aromatic heterocycles. The van der Waals surface area contributed by atoms with Gasteiger partial charge in [-0.25, -0.2) is 18.1 Å². The zero-order valence-corrected chi connectivity index (χ0v) is 24.7. The van der Waals surface area contributed by atoms with Crippen LogP contribution in [0.25, 0.3) is 11.3 Å². The van der Waals surface area contributed by atoms with Gasteiger partial charge in [0.2, 0.25) is 17.7 Å². The molecule has 3 aromatic rings. The van der Waals surface area contributed by atoms with Crippen LogP contribution in [-0.2, 0) is 14.8 Å². The Morgan fingerprint density at radius 2 is 1.78 bits per heavy atom. The van der Waals surface area contributed by atoms with Crippen molar-refractivity contribution in [1.82, 2.24) is 20.2 Å². The summed E-state index contributed by atoms with van der Waals surface area (Å²) in [5.41, 5.74) is 3.25. The Kier molecular flexibility index (Phi) is 7.50. The van der Waals surface area contributed by atoms with Crippen molar-refractivity contribution in [2.45, 2.75) is 64.5 Å². The molecule has 3 heterocycles. The van der Waals surface area contributed by atoms with Gasteiger partial charge in [0.05, 0.1) is 23.2 Å². The fraction of sp³-hybridized carbons (Fsp3) is 0.400. The first kappa shape index (κ1) is 28.5. The lowest BCUT2D eigenvalue weighted by Crippen LogP contribution is -2.57. The first-order valence-corrected chi connectivity index (χ1v) is 15.1. The zero-order valence-electron chi connectivity index (χ0n) is 23.9. The SMILES string of the molecule is Cc1cccc(C)c1-c1cc2nc(n1)NS(=O)(=O)c1cccc(c1)C(=O)N[C@@H]1CCN(C(=O)CC(C)(C)C)C[C@@H]1O2. The zero-order chi connectivity index (χ0) is 29.5. The average molecular weight is 578 g/mol. The van der Waals surface area contributed by atoms with E-state index in [2.05, 4.69) is 20.0 Å². The monoisotopic (exact) mass is 577 g/mol. The normalized spacial score (nSPS) is 20.2. The topological polar surface area (TPSA) is 131 Å². The molecule has 216 valence electrons. The Balaban J connectivity index is 1.61. The Hall–Kier alpha value is -3.99. The highest BCUT2D eigenvalue weighted by Crippen LogP contribution is 2.31. The third-order valence-corrected chi connectivity index (χ3v) is 8.58. The largest absolute Gasteiger partial charge is 0.470 e. The van der Waals surface area contributed by atoms with Crippen LogP contribution in [0.4, 0.5) is 5.95 Å². The number of benzene rings is 2. The van der Waals surface area contributed by atoms with Crippen molar-refractivity contribution >= 4 is 27.8 Å². The molecule has 0 aliphatic carbocycles. The lowest BCUT2D eigenvalue weighted by molar-refractivity contribution is -0.136. The highest BCUT2D eigenvalue weighted by Gasteiger charge is 2.36. The van der Waals surface area contributed by atoms with Crippen molar-refractivity contribution in [3.8, 4) is 17.1 Å². The number of amides is 2. The number of aromatic nitrogens is 2. The van der Waals surface area contributed by atoms with Crippen molar-refractivity contribution in [2.24, 2.45) is 5.41 Å². The van der Waals surface area contributed by atoms with Crippen molar-refractivity contribution in [3.05, 3.63) is 65.2 Å². The van der Waals surface area contributed by atoms with Crippen LogP contribution >= 0.6 is 0 Å². The van der Waals surface area contributed by atoms with Gasteiger partial charge in [-0.15, -0.1) is 0 Å². The lowest BCUT2D eigenvalue weighted by atomic mass is 9.90. The van der Waals surface area contributed by atoms with Gasteiger partial charge in [-0.1, -0.05) is 45.0 Å². The maximum atomic E-state index is 13.3. The Bertz CT molecular complexity index is 1600. The molecular weight excluding hydrogens is 542 g/mol. The predicted octanol–water partition coefficient (Wildman–Crippen LogP) is 4.09. The molecule has 0 saturated carbocycles. The summed E-state index contributed by atoms with van der Waals surface area (Å²) in [5, 5.41) is 3.01. The van der Waals surface area contributed by atoms with Crippen LogP contribution in [0.2, 0.25) is 0 Å². The number of carbonyl (C=O) groups excluding carboxylic acids is 2. The van der Waals surface area contributed by atoms with Gasteiger partial charge in [0.15, 0.2) is 0 Å². The summed E-state index contributed by atoms with van der Waals surface area (Å²) >= 11 is 0. The van der Waals surface area contributed by atoms with Gasteiger partial charge in [-0.2, -0.15) is 4.98 Å². The number of nitrogens with one attached hydrogen (secondary N) is 2. The van der Waals surface area contributed by atoms with E-state index in [-0.39, 0.29) is 40.2 Å². The number of nitrogens with zero attached hydrogens (tertiary/aromatic N) is 3. The van der Waals surface area contributed by atoms with Crippen LogP contribution in [0.15, 0.2) is 53.4 Å². The molecule has 5 rings (SSSR count). The molecule has 41 heavy (non-hydrogen) atoms. The summed E-state index contributed by atoms with van der Waals surface area (Å²) in [7, 11) is -4.13. The number of carbonyl (C=O) groups is 2. The number of hydrogen-bond donors (Lipinski definition) is 2. The highest BCUT2D eigenvalue weighted by molar-refractivity contribution is 7.92. The van der Waals surface area contributed by atoms with Gasteiger partial charge < -0.3 is 15.0 Å². The summed E-state index contributed by atoms with van der Waals surface area (Å²) in [6.45, 7) is 10.6. The number of sulfonamides is 1. The first-order chi connectivity index (χ1) is 19.3. The quantitative estimate of drug-likeness (QED) is 0.469. The first-order valence-electron chi connectivity index (χ1n) is 13.6. The Morgan fingerprint density at radius 3 is 2.49 bits per heavy atom. The van der Waals surface area contributed by atoms with E-state index in [0.29, 0.717) is 25.1 Å². The van der Waals surface area contributed by atoms with E-state index in [1.165, 1.54) is 18.2 Å². The van der Waals surface area contributed by atoms with E-state index < -0.39 is 28.1 Å². The van der Waals surface area contributed by atoms with Crippen LogP contribution in [0.3, 0.4) is 0 Å². The van der Waals surface area contributed by atoms with Gasteiger partial charge in [0.25, 0.3) is 15.9 Å². The molecule has 0 radical (unpaired) electrons.